The Morgan fingerprint density at radius 1 is 1.25 bits per heavy atom. The number of rotatable bonds is 7. The topological polar surface area (TPSA) is 86.7 Å². The number of para-hydroxylation sites is 1. The number of carboxylic acid groups (broad SMARTS) is 1. The number of carbonyl (C=O) groups excluding carboxylic acids is 2. The largest absolute Gasteiger partial charge is 0.481 e. The average molecular weight is 332 g/mol. The van der Waals surface area contributed by atoms with Crippen LogP contribution in [0.4, 0.5) is 5.69 Å². The zero-order valence-corrected chi connectivity index (χ0v) is 14.2. The monoisotopic (exact) mass is 332 g/mol. The van der Waals surface area contributed by atoms with Crippen molar-refractivity contribution in [2.75, 3.05) is 18.0 Å². The third kappa shape index (κ3) is 4.34. The molecule has 2 rings (SSSR count). The number of nitrogens with zero attached hydrogens (tertiary/aromatic N) is 1. The smallest absolute Gasteiger partial charge is 0.309 e. The molecule has 0 unspecified atom stereocenters. The van der Waals surface area contributed by atoms with Gasteiger partial charge in [0.1, 0.15) is 0 Å². The molecule has 0 saturated carbocycles. The highest BCUT2D eigenvalue weighted by atomic mass is 16.4. The van der Waals surface area contributed by atoms with E-state index in [1.54, 1.807) is 18.7 Å². The van der Waals surface area contributed by atoms with E-state index in [1.165, 1.54) is 0 Å². The molecule has 0 spiro atoms. The summed E-state index contributed by atoms with van der Waals surface area (Å²) in [6.45, 7) is 3.91. The minimum Gasteiger partial charge on any atom is -0.481 e. The quantitative estimate of drug-likeness (QED) is 0.799. The van der Waals surface area contributed by atoms with E-state index < -0.39 is 11.4 Å². The SMILES string of the molecule is CC(C)(CCNC(=O)CCN1C(=O)CCc2ccccc21)C(=O)O. The maximum atomic E-state index is 12.1. The molecule has 6 nitrogen and oxygen atoms in total. The fourth-order valence-corrected chi connectivity index (χ4v) is 2.66. The molecule has 0 atom stereocenters. The summed E-state index contributed by atoms with van der Waals surface area (Å²) in [5.41, 5.74) is 1.14. The lowest BCUT2D eigenvalue weighted by Gasteiger charge is -2.29. The Balaban J connectivity index is 1.84. The first-order chi connectivity index (χ1) is 11.3. The number of benzene rings is 1. The zero-order valence-electron chi connectivity index (χ0n) is 14.2. The number of amides is 2. The third-order valence-electron chi connectivity index (χ3n) is 4.41. The molecule has 0 saturated heterocycles. The van der Waals surface area contributed by atoms with Crippen LogP contribution in [0.1, 0.15) is 38.7 Å². The second-order valence-corrected chi connectivity index (χ2v) is 6.71. The molecule has 1 aliphatic heterocycles. The van der Waals surface area contributed by atoms with E-state index in [0.29, 0.717) is 25.9 Å². The van der Waals surface area contributed by atoms with Crippen molar-refractivity contribution < 1.29 is 19.5 Å². The summed E-state index contributed by atoms with van der Waals surface area (Å²) in [6.07, 6.45) is 1.76. The number of carboxylic acids is 1. The zero-order chi connectivity index (χ0) is 17.7. The van der Waals surface area contributed by atoms with Crippen molar-refractivity contribution in [1.82, 2.24) is 5.32 Å². The molecule has 0 aliphatic carbocycles. The van der Waals surface area contributed by atoms with Crippen LogP contribution < -0.4 is 10.2 Å². The second-order valence-electron chi connectivity index (χ2n) is 6.71. The molecule has 1 aliphatic rings. The van der Waals surface area contributed by atoms with Gasteiger partial charge in [-0.2, -0.15) is 0 Å². The van der Waals surface area contributed by atoms with Gasteiger partial charge in [-0.15, -0.1) is 0 Å². The van der Waals surface area contributed by atoms with Crippen LogP contribution in [0, 0.1) is 5.41 Å². The molecule has 0 fully saturated rings. The number of hydrogen-bond acceptors (Lipinski definition) is 3. The van der Waals surface area contributed by atoms with E-state index in [9.17, 15) is 14.4 Å². The van der Waals surface area contributed by atoms with Gasteiger partial charge in [0.2, 0.25) is 11.8 Å². The maximum absolute atomic E-state index is 12.1. The number of aliphatic carboxylic acids is 1. The fraction of sp³-hybridized carbons (Fsp3) is 0.500. The first-order valence-electron chi connectivity index (χ1n) is 8.19. The van der Waals surface area contributed by atoms with Gasteiger partial charge in [-0.25, -0.2) is 0 Å². The van der Waals surface area contributed by atoms with Gasteiger partial charge >= 0.3 is 5.97 Å². The molecule has 1 aromatic carbocycles. The first-order valence-corrected chi connectivity index (χ1v) is 8.19. The Morgan fingerprint density at radius 3 is 2.67 bits per heavy atom. The number of fused-ring (bicyclic) bond motifs is 1. The highest BCUT2D eigenvalue weighted by molar-refractivity contribution is 5.97. The van der Waals surface area contributed by atoms with Crippen molar-refractivity contribution in [2.45, 2.75) is 39.5 Å². The van der Waals surface area contributed by atoms with Crippen molar-refractivity contribution in [1.29, 1.82) is 0 Å². The number of aryl methyl sites for hydroxylation is 1. The molecule has 6 heteroatoms. The van der Waals surface area contributed by atoms with E-state index in [0.717, 1.165) is 17.7 Å². The summed E-state index contributed by atoms with van der Waals surface area (Å²) in [5, 5.41) is 11.8. The highest BCUT2D eigenvalue weighted by Crippen LogP contribution is 2.27. The predicted molar refractivity (Wildman–Crippen MR) is 90.8 cm³/mol. The van der Waals surface area contributed by atoms with Crippen molar-refractivity contribution in [3.05, 3.63) is 29.8 Å². The Labute approximate surface area is 141 Å². The van der Waals surface area contributed by atoms with Gasteiger partial charge in [-0.05, 0) is 38.3 Å². The Morgan fingerprint density at radius 2 is 1.96 bits per heavy atom. The lowest BCUT2D eigenvalue weighted by Crippen LogP contribution is -2.39. The molecule has 2 amide bonds. The normalized spacial score (nSPS) is 14.2. The molecule has 0 bridgehead atoms. The van der Waals surface area contributed by atoms with E-state index >= 15 is 0 Å². The molecule has 1 aromatic rings. The van der Waals surface area contributed by atoms with Crippen molar-refractivity contribution in [2.24, 2.45) is 5.41 Å². The highest BCUT2D eigenvalue weighted by Gasteiger charge is 2.27. The van der Waals surface area contributed by atoms with Crippen LogP contribution in [0.3, 0.4) is 0 Å². The number of carbonyl (C=O) groups is 3. The molecular formula is C18H24N2O4. The molecule has 1 heterocycles. The molecule has 2 N–H and O–H groups in total. The number of hydrogen-bond donors (Lipinski definition) is 2. The van der Waals surface area contributed by atoms with Crippen LogP contribution in [0.15, 0.2) is 24.3 Å². The summed E-state index contributed by atoms with van der Waals surface area (Å²) in [4.78, 5) is 36.8. The minimum absolute atomic E-state index is 0.0357. The molecule has 130 valence electrons. The molecule has 0 aromatic heterocycles. The van der Waals surface area contributed by atoms with Crippen LogP contribution >= 0.6 is 0 Å². The molecule has 24 heavy (non-hydrogen) atoms. The van der Waals surface area contributed by atoms with Crippen LogP contribution in [-0.4, -0.2) is 36.0 Å². The van der Waals surface area contributed by atoms with Gasteiger partial charge in [0.15, 0.2) is 0 Å². The predicted octanol–water partition coefficient (Wildman–Crippen LogP) is 1.97. The first kappa shape index (κ1) is 18.0. The molecule has 0 radical (unpaired) electrons. The van der Waals surface area contributed by atoms with Gasteiger partial charge in [-0.3, -0.25) is 14.4 Å². The number of nitrogens with one attached hydrogen (secondary N) is 1. The second kappa shape index (κ2) is 7.47. The fourth-order valence-electron chi connectivity index (χ4n) is 2.66. The number of anilines is 1. The van der Waals surface area contributed by atoms with Crippen LogP contribution in [0.5, 0.6) is 0 Å². The Hall–Kier alpha value is -2.37. The average Bonchev–Trinajstić information content (AvgIpc) is 2.53. The van der Waals surface area contributed by atoms with Gasteiger partial charge in [0, 0.05) is 31.6 Å². The van der Waals surface area contributed by atoms with E-state index in [-0.39, 0.29) is 18.2 Å². The minimum atomic E-state index is -0.882. The Kier molecular flexibility index (Phi) is 5.59. The van der Waals surface area contributed by atoms with Crippen molar-refractivity contribution in [3.8, 4) is 0 Å². The third-order valence-corrected chi connectivity index (χ3v) is 4.41. The van der Waals surface area contributed by atoms with Gasteiger partial charge in [-0.1, -0.05) is 18.2 Å². The van der Waals surface area contributed by atoms with Crippen molar-refractivity contribution >= 4 is 23.5 Å². The molecular weight excluding hydrogens is 308 g/mol. The van der Waals surface area contributed by atoms with Crippen LogP contribution in [-0.2, 0) is 20.8 Å². The van der Waals surface area contributed by atoms with Gasteiger partial charge in [0.05, 0.1) is 5.41 Å². The standard InChI is InChI=1S/C18H24N2O4/c1-18(2,17(23)24)10-11-19-15(21)9-12-20-14-6-4-3-5-13(14)7-8-16(20)22/h3-6H,7-12H2,1-2H3,(H,19,21)(H,23,24). The maximum Gasteiger partial charge on any atom is 0.309 e. The summed E-state index contributed by atoms with van der Waals surface area (Å²) < 4.78 is 0. The van der Waals surface area contributed by atoms with Gasteiger partial charge in [0.25, 0.3) is 0 Å². The Bertz CT molecular complexity index is 640. The van der Waals surface area contributed by atoms with Crippen LogP contribution in [0.25, 0.3) is 0 Å². The summed E-state index contributed by atoms with van der Waals surface area (Å²) >= 11 is 0. The lowest BCUT2D eigenvalue weighted by atomic mass is 9.90. The van der Waals surface area contributed by atoms with E-state index in [2.05, 4.69) is 5.32 Å². The van der Waals surface area contributed by atoms with Crippen molar-refractivity contribution in [3.63, 3.8) is 0 Å². The van der Waals surface area contributed by atoms with Crippen LogP contribution in [0.2, 0.25) is 0 Å². The summed E-state index contributed by atoms with van der Waals surface area (Å²) in [5.74, 6) is -1.02. The summed E-state index contributed by atoms with van der Waals surface area (Å²) in [6, 6.07) is 7.74. The lowest BCUT2D eigenvalue weighted by molar-refractivity contribution is -0.147. The van der Waals surface area contributed by atoms with E-state index in [4.69, 9.17) is 5.11 Å². The van der Waals surface area contributed by atoms with Gasteiger partial charge < -0.3 is 15.3 Å². The van der Waals surface area contributed by atoms with E-state index in [1.807, 2.05) is 24.3 Å². The summed E-state index contributed by atoms with van der Waals surface area (Å²) in [7, 11) is 0.